The number of halogens is 1. The van der Waals surface area contributed by atoms with Gasteiger partial charge in [0.15, 0.2) is 0 Å². The zero-order valence-electron chi connectivity index (χ0n) is 8.30. The first-order chi connectivity index (χ1) is 6.59. The minimum atomic E-state index is 0.119. The van der Waals surface area contributed by atoms with Crippen LogP contribution in [-0.2, 0) is 11.2 Å². The van der Waals surface area contributed by atoms with Crippen molar-refractivity contribution in [2.45, 2.75) is 20.3 Å². The molecule has 74 valence electrons. The molecule has 0 fully saturated rings. The maximum absolute atomic E-state index is 11.4. The van der Waals surface area contributed by atoms with Gasteiger partial charge in [0.1, 0.15) is 0 Å². The Balaban J connectivity index is 2.54. The first-order valence-electron chi connectivity index (χ1n) is 4.66. The molecule has 0 spiro atoms. The molecule has 0 aromatic heterocycles. The van der Waals surface area contributed by atoms with Crippen molar-refractivity contribution in [2.75, 3.05) is 11.4 Å². The number of carbonyl (C=O) groups is 1. The number of hydrogen-bond acceptors (Lipinski definition) is 1. The number of hydrogen-bond donors (Lipinski definition) is 0. The predicted molar refractivity (Wildman–Crippen MR) is 60.6 cm³/mol. The molecule has 1 heterocycles. The van der Waals surface area contributed by atoms with Crippen LogP contribution in [0.2, 0.25) is 0 Å². The highest BCUT2D eigenvalue weighted by atomic mass is 79.9. The molecule has 0 N–H and O–H groups in total. The number of aryl methyl sites for hydroxylation is 1. The van der Waals surface area contributed by atoms with E-state index in [0.29, 0.717) is 0 Å². The average molecular weight is 254 g/mol. The number of carbonyl (C=O) groups excluding carboxylic acids is 1. The summed E-state index contributed by atoms with van der Waals surface area (Å²) in [4.78, 5) is 13.2. The molecule has 1 aromatic carbocycles. The standard InChI is InChI=1S/C11H12BrNO/c1-7-5-9-3-4-13(8(2)14)11(9)10(12)6-7/h5-6H,3-4H2,1-2H3. The highest BCUT2D eigenvalue weighted by molar-refractivity contribution is 9.10. The van der Waals surface area contributed by atoms with Gasteiger partial charge in [-0.05, 0) is 46.5 Å². The second kappa shape index (κ2) is 3.39. The molecule has 0 aliphatic carbocycles. The number of rotatable bonds is 0. The Hall–Kier alpha value is -0.830. The second-order valence-corrected chi connectivity index (χ2v) is 4.53. The zero-order valence-corrected chi connectivity index (χ0v) is 9.89. The Morgan fingerprint density at radius 1 is 1.50 bits per heavy atom. The van der Waals surface area contributed by atoms with Crippen molar-refractivity contribution in [3.63, 3.8) is 0 Å². The van der Waals surface area contributed by atoms with Gasteiger partial charge in [-0.3, -0.25) is 4.79 Å². The van der Waals surface area contributed by atoms with E-state index in [1.54, 1.807) is 6.92 Å². The molecule has 2 rings (SSSR count). The Kier molecular flexibility index (Phi) is 2.35. The van der Waals surface area contributed by atoms with Gasteiger partial charge in [-0.15, -0.1) is 0 Å². The summed E-state index contributed by atoms with van der Waals surface area (Å²) in [7, 11) is 0. The van der Waals surface area contributed by atoms with Crippen LogP contribution in [0.15, 0.2) is 16.6 Å². The fraction of sp³-hybridized carbons (Fsp3) is 0.364. The highest BCUT2D eigenvalue weighted by Crippen LogP contribution is 2.36. The van der Waals surface area contributed by atoms with Gasteiger partial charge in [0, 0.05) is 17.9 Å². The molecule has 0 bridgehead atoms. The Morgan fingerprint density at radius 2 is 2.21 bits per heavy atom. The third-order valence-electron chi connectivity index (χ3n) is 2.54. The first-order valence-corrected chi connectivity index (χ1v) is 5.46. The lowest BCUT2D eigenvalue weighted by Gasteiger charge is -2.16. The third-order valence-corrected chi connectivity index (χ3v) is 3.15. The number of amides is 1. The minimum absolute atomic E-state index is 0.119. The van der Waals surface area contributed by atoms with Crippen LogP contribution in [0.4, 0.5) is 5.69 Å². The SMILES string of the molecule is CC(=O)N1CCc2cc(C)cc(Br)c21. The summed E-state index contributed by atoms with van der Waals surface area (Å²) in [6, 6.07) is 4.21. The van der Waals surface area contributed by atoms with E-state index in [0.717, 1.165) is 23.1 Å². The van der Waals surface area contributed by atoms with E-state index >= 15 is 0 Å². The fourth-order valence-corrected chi connectivity index (χ4v) is 2.79. The van der Waals surface area contributed by atoms with Crippen molar-refractivity contribution >= 4 is 27.5 Å². The monoisotopic (exact) mass is 253 g/mol. The lowest BCUT2D eigenvalue weighted by atomic mass is 10.1. The van der Waals surface area contributed by atoms with Gasteiger partial charge in [-0.2, -0.15) is 0 Å². The summed E-state index contributed by atoms with van der Waals surface area (Å²) in [6.45, 7) is 4.50. The van der Waals surface area contributed by atoms with Crippen molar-refractivity contribution in [1.82, 2.24) is 0 Å². The van der Waals surface area contributed by atoms with Crippen LogP contribution in [-0.4, -0.2) is 12.5 Å². The Bertz CT molecular complexity index is 401. The highest BCUT2D eigenvalue weighted by Gasteiger charge is 2.24. The molecule has 1 aromatic rings. The van der Waals surface area contributed by atoms with Gasteiger partial charge in [-0.1, -0.05) is 6.07 Å². The van der Waals surface area contributed by atoms with Crippen LogP contribution >= 0.6 is 15.9 Å². The van der Waals surface area contributed by atoms with Crippen LogP contribution in [0.25, 0.3) is 0 Å². The van der Waals surface area contributed by atoms with Crippen molar-refractivity contribution in [2.24, 2.45) is 0 Å². The minimum Gasteiger partial charge on any atom is -0.311 e. The molecule has 14 heavy (non-hydrogen) atoms. The normalized spacial score (nSPS) is 14.4. The molecular weight excluding hydrogens is 242 g/mol. The maximum atomic E-state index is 11.4. The van der Waals surface area contributed by atoms with Gasteiger partial charge in [0.05, 0.1) is 5.69 Å². The Morgan fingerprint density at radius 3 is 2.86 bits per heavy atom. The second-order valence-electron chi connectivity index (χ2n) is 3.68. The van der Waals surface area contributed by atoms with Gasteiger partial charge < -0.3 is 4.90 Å². The molecule has 0 atom stereocenters. The molecule has 0 radical (unpaired) electrons. The Labute approximate surface area is 92.0 Å². The number of nitrogens with zero attached hydrogens (tertiary/aromatic N) is 1. The smallest absolute Gasteiger partial charge is 0.223 e. The van der Waals surface area contributed by atoms with Crippen molar-refractivity contribution in [3.05, 3.63) is 27.7 Å². The van der Waals surface area contributed by atoms with Crippen LogP contribution in [0.3, 0.4) is 0 Å². The van der Waals surface area contributed by atoms with E-state index in [1.165, 1.54) is 11.1 Å². The summed E-state index contributed by atoms with van der Waals surface area (Å²) < 4.78 is 1.03. The average Bonchev–Trinajstić information content (AvgIpc) is 2.47. The summed E-state index contributed by atoms with van der Waals surface area (Å²) in [5.74, 6) is 0.119. The van der Waals surface area contributed by atoms with Gasteiger partial charge in [0.2, 0.25) is 5.91 Å². The van der Waals surface area contributed by atoms with E-state index in [1.807, 2.05) is 4.90 Å². The van der Waals surface area contributed by atoms with Crippen molar-refractivity contribution in [3.8, 4) is 0 Å². The predicted octanol–water partition coefficient (Wildman–Crippen LogP) is 2.67. The molecule has 0 unspecified atom stereocenters. The summed E-state index contributed by atoms with van der Waals surface area (Å²) in [5.41, 5.74) is 3.57. The van der Waals surface area contributed by atoms with Crippen LogP contribution in [0.5, 0.6) is 0 Å². The molecule has 1 amide bonds. The van der Waals surface area contributed by atoms with Crippen LogP contribution in [0, 0.1) is 6.92 Å². The summed E-state index contributed by atoms with van der Waals surface area (Å²) in [6.07, 6.45) is 0.967. The topological polar surface area (TPSA) is 20.3 Å². The van der Waals surface area contributed by atoms with Crippen molar-refractivity contribution < 1.29 is 4.79 Å². The number of fused-ring (bicyclic) bond motifs is 1. The quantitative estimate of drug-likeness (QED) is 0.697. The third kappa shape index (κ3) is 1.46. The van der Waals surface area contributed by atoms with E-state index in [9.17, 15) is 4.79 Å². The van der Waals surface area contributed by atoms with E-state index in [4.69, 9.17) is 0 Å². The molecule has 0 saturated heterocycles. The lowest BCUT2D eigenvalue weighted by molar-refractivity contribution is -0.116. The lowest BCUT2D eigenvalue weighted by Crippen LogP contribution is -2.26. The van der Waals surface area contributed by atoms with Gasteiger partial charge >= 0.3 is 0 Å². The van der Waals surface area contributed by atoms with Crippen LogP contribution < -0.4 is 4.90 Å². The molecular formula is C11H12BrNO. The fourth-order valence-electron chi connectivity index (χ4n) is 1.96. The van der Waals surface area contributed by atoms with Gasteiger partial charge in [0.25, 0.3) is 0 Å². The molecule has 0 saturated carbocycles. The number of anilines is 1. The van der Waals surface area contributed by atoms with E-state index in [2.05, 4.69) is 35.0 Å². The zero-order chi connectivity index (χ0) is 10.3. The summed E-state index contributed by atoms with van der Waals surface area (Å²) >= 11 is 3.51. The van der Waals surface area contributed by atoms with Gasteiger partial charge in [-0.25, -0.2) is 0 Å². The van der Waals surface area contributed by atoms with Crippen molar-refractivity contribution in [1.29, 1.82) is 0 Å². The van der Waals surface area contributed by atoms with E-state index in [-0.39, 0.29) is 5.91 Å². The molecule has 3 heteroatoms. The number of benzene rings is 1. The summed E-state index contributed by atoms with van der Waals surface area (Å²) in [5, 5.41) is 0. The van der Waals surface area contributed by atoms with Crippen LogP contribution in [0.1, 0.15) is 18.1 Å². The maximum Gasteiger partial charge on any atom is 0.223 e. The first kappa shape index (κ1) is 9.71. The molecule has 1 aliphatic rings. The largest absolute Gasteiger partial charge is 0.311 e. The molecule has 2 nitrogen and oxygen atoms in total. The van der Waals surface area contributed by atoms with E-state index < -0.39 is 0 Å². The molecule has 1 aliphatic heterocycles.